The quantitative estimate of drug-likeness (QED) is 0.575. The monoisotopic (exact) mass is 455 g/mol. The van der Waals surface area contributed by atoms with Gasteiger partial charge in [0.05, 0.1) is 23.0 Å². The van der Waals surface area contributed by atoms with Crippen molar-refractivity contribution in [2.75, 3.05) is 17.3 Å². The Morgan fingerprint density at radius 1 is 1.16 bits per heavy atom. The summed E-state index contributed by atoms with van der Waals surface area (Å²) in [4.78, 5) is 17.2. The molecule has 8 heteroatoms. The van der Waals surface area contributed by atoms with Crippen LogP contribution in [0.25, 0.3) is 16.9 Å². The van der Waals surface area contributed by atoms with Crippen LogP contribution < -0.4 is 5.32 Å². The van der Waals surface area contributed by atoms with Crippen LogP contribution in [0.3, 0.4) is 0 Å². The first-order valence-electron chi connectivity index (χ1n) is 10.2. The maximum atomic E-state index is 12.4. The molecule has 6 nitrogen and oxygen atoms in total. The van der Waals surface area contributed by atoms with Crippen LogP contribution in [-0.2, 0) is 14.6 Å². The zero-order valence-electron chi connectivity index (χ0n) is 17.5. The average Bonchev–Trinajstić information content (AvgIpc) is 3.32. The zero-order chi connectivity index (χ0) is 22.0. The Balaban J connectivity index is 1.55. The van der Waals surface area contributed by atoms with E-state index in [0.717, 1.165) is 16.9 Å². The van der Waals surface area contributed by atoms with Crippen LogP contribution >= 0.6 is 11.8 Å². The van der Waals surface area contributed by atoms with E-state index in [4.69, 9.17) is 4.98 Å². The minimum Gasteiger partial charge on any atom is -0.352 e. The lowest BCUT2D eigenvalue weighted by Crippen LogP contribution is -2.36. The Labute approximate surface area is 187 Å². The van der Waals surface area contributed by atoms with Gasteiger partial charge in [0.1, 0.15) is 0 Å². The van der Waals surface area contributed by atoms with E-state index in [9.17, 15) is 13.2 Å². The Morgan fingerprint density at radius 2 is 1.94 bits per heavy atom. The van der Waals surface area contributed by atoms with Crippen LogP contribution in [0.2, 0.25) is 0 Å². The number of para-hydroxylation sites is 1. The van der Waals surface area contributed by atoms with Gasteiger partial charge in [0.15, 0.2) is 15.0 Å². The maximum absolute atomic E-state index is 12.4. The number of carbonyl (C=O) groups is 1. The Kier molecular flexibility index (Phi) is 6.20. The van der Waals surface area contributed by atoms with E-state index in [2.05, 4.69) is 37.4 Å². The fraction of sp³-hybridized carbons (Fsp3) is 0.304. The highest BCUT2D eigenvalue weighted by Gasteiger charge is 2.29. The molecule has 1 aliphatic heterocycles. The van der Waals surface area contributed by atoms with Gasteiger partial charge in [-0.3, -0.25) is 9.36 Å². The first kappa shape index (κ1) is 21.6. The molecule has 2 heterocycles. The number of nitrogens with one attached hydrogen (secondary N) is 1. The van der Waals surface area contributed by atoms with Gasteiger partial charge in [-0.15, -0.1) is 0 Å². The molecule has 0 bridgehead atoms. The number of benzene rings is 2. The molecule has 1 saturated heterocycles. The SMILES string of the molecule is Cc1ccc(-c2cn(-c3ccccc3)c(SCC(=O)N[C@@H]3CCS(=O)(=O)C3)n2)cc1C. The molecule has 2 aromatic carbocycles. The molecule has 3 aromatic rings. The van der Waals surface area contributed by atoms with Crippen molar-refractivity contribution in [1.29, 1.82) is 0 Å². The lowest BCUT2D eigenvalue weighted by atomic mass is 10.0. The van der Waals surface area contributed by atoms with Crippen molar-refractivity contribution in [2.24, 2.45) is 0 Å². The van der Waals surface area contributed by atoms with Crippen LogP contribution in [0.5, 0.6) is 0 Å². The summed E-state index contributed by atoms with van der Waals surface area (Å²) in [7, 11) is -3.02. The highest BCUT2D eigenvalue weighted by molar-refractivity contribution is 7.99. The second-order valence-corrected chi connectivity index (χ2v) is 11.0. The predicted octanol–water partition coefficient (Wildman–Crippen LogP) is 3.55. The summed E-state index contributed by atoms with van der Waals surface area (Å²) in [5.41, 5.74) is 5.27. The number of thioether (sulfide) groups is 1. The molecule has 0 aliphatic carbocycles. The van der Waals surface area contributed by atoms with Crippen molar-refractivity contribution in [3.8, 4) is 16.9 Å². The first-order chi connectivity index (χ1) is 14.8. The molecule has 1 amide bonds. The number of hydrogen-bond donors (Lipinski definition) is 1. The summed E-state index contributed by atoms with van der Waals surface area (Å²) < 4.78 is 25.2. The van der Waals surface area contributed by atoms with Gasteiger partial charge in [-0.2, -0.15) is 0 Å². The number of rotatable bonds is 6. The minimum atomic E-state index is -3.02. The molecular weight excluding hydrogens is 430 g/mol. The Bertz CT molecular complexity index is 1200. The molecular formula is C23H25N3O3S2. The first-order valence-corrected chi connectivity index (χ1v) is 13.0. The van der Waals surface area contributed by atoms with Gasteiger partial charge in [-0.1, -0.05) is 42.1 Å². The number of carbonyl (C=O) groups excluding carboxylic acids is 1. The molecule has 0 spiro atoms. The number of amides is 1. The van der Waals surface area contributed by atoms with Crippen molar-refractivity contribution >= 4 is 27.5 Å². The van der Waals surface area contributed by atoms with Gasteiger partial charge in [0.2, 0.25) is 5.91 Å². The number of hydrogen-bond acceptors (Lipinski definition) is 5. The van der Waals surface area contributed by atoms with Gasteiger partial charge in [0.25, 0.3) is 0 Å². The summed E-state index contributed by atoms with van der Waals surface area (Å²) in [6.07, 6.45) is 2.47. The molecule has 0 radical (unpaired) electrons. The van der Waals surface area contributed by atoms with Crippen molar-refractivity contribution < 1.29 is 13.2 Å². The third-order valence-corrected chi connectivity index (χ3v) is 8.16. The van der Waals surface area contributed by atoms with E-state index in [1.54, 1.807) is 0 Å². The van der Waals surface area contributed by atoms with E-state index in [-0.39, 0.29) is 29.2 Å². The Hall–Kier alpha value is -2.58. The molecule has 31 heavy (non-hydrogen) atoms. The summed E-state index contributed by atoms with van der Waals surface area (Å²) in [6.45, 7) is 4.16. The highest BCUT2D eigenvalue weighted by Crippen LogP contribution is 2.28. The van der Waals surface area contributed by atoms with E-state index in [0.29, 0.717) is 11.6 Å². The van der Waals surface area contributed by atoms with E-state index in [1.165, 1.54) is 22.9 Å². The molecule has 1 N–H and O–H groups in total. The zero-order valence-corrected chi connectivity index (χ0v) is 19.2. The molecule has 1 aromatic heterocycles. The minimum absolute atomic E-state index is 0.0268. The number of sulfone groups is 1. The number of imidazole rings is 1. The maximum Gasteiger partial charge on any atom is 0.230 e. The van der Waals surface area contributed by atoms with Crippen molar-refractivity contribution in [3.63, 3.8) is 0 Å². The van der Waals surface area contributed by atoms with Gasteiger partial charge in [0, 0.05) is 23.5 Å². The molecule has 1 fully saturated rings. The van der Waals surface area contributed by atoms with Gasteiger partial charge >= 0.3 is 0 Å². The highest BCUT2D eigenvalue weighted by atomic mass is 32.2. The fourth-order valence-electron chi connectivity index (χ4n) is 3.59. The smallest absolute Gasteiger partial charge is 0.230 e. The molecule has 0 saturated carbocycles. The van der Waals surface area contributed by atoms with Crippen molar-refractivity contribution in [1.82, 2.24) is 14.9 Å². The average molecular weight is 456 g/mol. The van der Waals surface area contributed by atoms with E-state index >= 15 is 0 Å². The molecule has 1 atom stereocenters. The van der Waals surface area contributed by atoms with Crippen LogP contribution in [0, 0.1) is 13.8 Å². The molecule has 0 unspecified atom stereocenters. The third-order valence-electron chi connectivity index (χ3n) is 5.44. The summed E-state index contributed by atoms with van der Waals surface area (Å²) >= 11 is 1.35. The van der Waals surface area contributed by atoms with Gasteiger partial charge < -0.3 is 5.32 Å². The summed E-state index contributed by atoms with van der Waals surface area (Å²) in [5, 5.41) is 3.56. The third kappa shape index (κ3) is 5.19. The normalized spacial score (nSPS) is 17.5. The second-order valence-electron chi connectivity index (χ2n) is 7.87. The van der Waals surface area contributed by atoms with Gasteiger partial charge in [-0.25, -0.2) is 13.4 Å². The number of nitrogens with zero attached hydrogens (tertiary/aromatic N) is 2. The summed E-state index contributed by atoms with van der Waals surface area (Å²) in [6, 6.07) is 15.9. The van der Waals surface area contributed by atoms with Crippen LogP contribution in [0.1, 0.15) is 17.5 Å². The van der Waals surface area contributed by atoms with E-state index in [1.807, 2.05) is 41.1 Å². The van der Waals surface area contributed by atoms with Crippen molar-refractivity contribution in [3.05, 3.63) is 65.9 Å². The lowest BCUT2D eigenvalue weighted by molar-refractivity contribution is -0.119. The number of aryl methyl sites for hydroxylation is 2. The molecule has 162 valence electrons. The Morgan fingerprint density at radius 3 is 2.61 bits per heavy atom. The lowest BCUT2D eigenvalue weighted by Gasteiger charge is -2.11. The summed E-state index contributed by atoms with van der Waals surface area (Å²) in [5.74, 6) is 0.164. The topological polar surface area (TPSA) is 81.1 Å². The van der Waals surface area contributed by atoms with Crippen LogP contribution in [0.15, 0.2) is 59.9 Å². The molecule has 4 rings (SSSR count). The number of aromatic nitrogens is 2. The van der Waals surface area contributed by atoms with Crippen LogP contribution in [-0.4, -0.2) is 47.2 Å². The van der Waals surface area contributed by atoms with Crippen molar-refractivity contribution in [2.45, 2.75) is 31.5 Å². The van der Waals surface area contributed by atoms with E-state index < -0.39 is 9.84 Å². The van der Waals surface area contributed by atoms with Crippen LogP contribution in [0.4, 0.5) is 0 Å². The van der Waals surface area contributed by atoms with Gasteiger partial charge in [-0.05, 0) is 49.6 Å². The second kappa shape index (κ2) is 8.88. The fourth-order valence-corrected chi connectivity index (χ4v) is 6.06. The molecule has 1 aliphatic rings. The predicted molar refractivity (Wildman–Crippen MR) is 124 cm³/mol. The standard InChI is InChI=1S/C23H25N3O3S2/c1-16-8-9-18(12-17(16)2)21-13-26(20-6-4-3-5-7-20)23(25-21)30-14-22(27)24-19-10-11-31(28,29)15-19/h3-9,12-13,19H,10-11,14-15H2,1-2H3,(H,24,27)/t19-/m1/s1. The largest absolute Gasteiger partial charge is 0.352 e.